The lowest BCUT2D eigenvalue weighted by Crippen LogP contribution is -2.44. The highest BCUT2D eigenvalue weighted by molar-refractivity contribution is 5.96. The first-order valence-electron chi connectivity index (χ1n) is 8.27. The van der Waals surface area contributed by atoms with E-state index in [1.54, 1.807) is 19.2 Å². The molecule has 0 radical (unpaired) electrons. The molecule has 1 atom stereocenters. The average molecular weight is 350 g/mol. The smallest absolute Gasteiger partial charge is 0.241 e. The number of nitrogens with zero attached hydrogens (tertiary/aromatic N) is 4. The Bertz CT molecular complexity index is 925. The van der Waals surface area contributed by atoms with E-state index in [1.807, 2.05) is 18.2 Å². The van der Waals surface area contributed by atoms with Gasteiger partial charge in [0.2, 0.25) is 5.91 Å². The van der Waals surface area contributed by atoms with Crippen LogP contribution >= 0.6 is 0 Å². The maximum Gasteiger partial charge on any atom is 0.241 e. The van der Waals surface area contributed by atoms with Crippen LogP contribution < -0.4 is 15.4 Å². The van der Waals surface area contributed by atoms with E-state index < -0.39 is 0 Å². The summed E-state index contributed by atoms with van der Waals surface area (Å²) in [4.78, 5) is 12.7. The lowest BCUT2D eigenvalue weighted by molar-refractivity contribution is -0.118. The van der Waals surface area contributed by atoms with Crippen LogP contribution in [0.1, 0.15) is 11.1 Å². The van der Waals surface area contributed by atoms with E-state index in [4.69, 9.17) is 4.74 Å². The predicted octanol–water partition coefficient (Wildman–Crippen LogP) is 1.32. The first-order chi connectivity index (χ1) is 12.7. The molecule has 132 valence electrons. The van der Waals surface area contributed by atoms with Crippen LogP contribution in [0.5, 0.6) is 5.75 Å². The predicted molar refractivity (Wildman–Crippen MR) is 95.1 cm³/mol. The minimum Gasteiger partial charge on any atom is -0.494 e. The molecule has 0 saturated heterocycles. The van der Waals surface area contributed by atoms with Gasteiger partial charge in [0.25, 0.3) is 0 Å². The number of anilines is 1. The molecule has 1 amide bonds. The molecule has 8 heteroatoms. The summed E-state index contributed by atoms with van der Waals surface area (Å²) in [7, 11) is 1.56. The van der Waals surface area contributed by atoms with Crippen molar-refractivity contribution in [1.82, 2.24) is 25.5 Å². The molecule has 0 bridgehead atoms. The van der Waals surface area contributed by atoms with Crippen molar-refractivity contribution in [2.45, 2.75) is 19.0 Å². The van der Waals surface area contributed by atoms with Crippen LogP contribution in [0.3, 0.4) is 0 Å². The van der Waals surface area contributed by atoms with E-state index in [0.29, 0.717) is 24.4 Å². The Morgan fingerprint density at radius 2 is 2.12 bits per heavy atom. The third-order valence-corrected chi connectivity index (χ3v) is 4.45. The summed E-state index contributed by atoms with van der Waals surface area (Å²) in [5.41, 5.74) is 3.79. The molecular weight excluding hydrogens is 332 g/mol. The van der Waals surface area contributed by atoms with Crippen molar-refractivity contribution in [1.29, 1.82) is 0 Å². The van der Waals surface area contributed by atoms with Crippen molar-refractivity contribution in [3.8, 4) is 11.4 Å². The molecule has 2 aromatic carbocycles. The molecule has 0 spiro atoms. The van der Waals surface area contributed by atoms with Crippen LogP contribution in [0.2, 0.25) is 0 Å². The maximum atomic E-state index is 12.7. The second-order valence-corrected chi connectivity index (χ2v) is 6.03. The standard InChI is InChI=1S/C18H18N6O2/c1-26-17-9-14(24-11-20-22-23-24)6-7-15(17)21-18(25)16-8-12-4-2-3-5-13(12)10-19-16/h2-7,9,11,16,19H,8,10H2,1H3,(H,21,25)/t16-/m1/s1. The van der Waals surface area contributed by atoms with E-state index in [0.717, 1.165) is 5.69 Å². The fourth-order valence-corrected chi connectivity index (χ4v) is 3.06. The Balaban J connectivity index is 1.51. The van der Waals surface area contributed by atoms with Gasteiger partial charge < -0.3 is 15.4 Å². The largest absolute Gasteiger partial charge is 0.494 e. The van der Waals surface area contributed by atoms with Crippen LogP contribution in [0.4, 0.5) is 5.69 Å². The number of aromatic nitrogens is 4. The fraction of sp³-hybridized carbons (Fsp3) is 0.222. The molecule has 2 heterocycles. The second kappa shape index (κ2) is 6.93. The van der Waals surface area contributed by atoms with Crippen molar-refractivity contribution in [2.24, 2.45) is 0 Å². The highest BCUT2D eigenvalue weighted by Crippen LogP contribution is 2.27. The van der Waals surface area contributed by atoms with Crippen molar-refractivity contribution < 1.29 is 9.53 Å². The third-order valence-electron chi connectivity index (χ3n) is 4.45. The number of fused-ring (bicyclic) bond motifs is 1. The van der Waals surface area contributed by atoms with Crippen molar-refractivity contribution in [3.63, 3.8) is 0 Å². The summed E-state index contributed by atoms with van der Waals surface area (Å²) in [5.74, 6) is 0.454. The van der Waals surface area contributed by atoms with Crippen LogP contribution in [0.15, 0.2) is 48.8 Å². The van der Waals surface area contributed by atoms with Crippen LogP contribution in [-0.2, 0) is 17.8 Å². The summed E-state index contributed by atoms with van der Waals surface area (Å²) in [6.07, 6.45) is 2.16. The summed E-state index contributed by atoms with van der Waals surface area (Å²) in [6.45, 7) is 0.684. The van der Waals surface area contributed by atoms with E-state index in [2.05, 4.69) is 38.3 Å². The number of tetrazole rings is 1. The number of nitrogens with one attached hydrogen (secondary N) is 2. The lowest BCUT2D eigenvalue weighted by atomic mass is 9.95. The van der Waals surface area contributed by atoms with Gasteiger partial charge in [-0.15, -0.1) is 5.10 Å². The number of rotatable bonds is 4. The topological polar surface area (TPSA) is 94.0 Å². The molecule has 1 aliphatic rings. The van der Waals surface area contributed by atoms with Crippen LogP contribution in [0.25, 0.3) is 5.69 Å². The minimum absolute atomic E-state index is 0.0898. The number of carbonyl (C=O) groups excluding carboxylic acids is 1. The summed E-state index contributed by atoms with van der Waals surface area (Å²) < 4.78 is 6.93. The van der Waals surface area contributed by atoms with Gasteiger partial charge in [-0.3, -0.25) is 4.79 Å². The zero-order valence-corrected chi connectivity index (χ0v) is 14.2. The highest BCUT2D eigenvalue weighted by Gasteiger charge is 2.24. The number of ether oxygens (including phenoxy) is 1. The molecule has 26 heavy (non-hydrogen) atoms. The molecule has 4 rings (SSSR count). The number of methoxy groups -OCH3 is 1. The summed E-state index contributed by atoms with van der Waals surface area (Å²) in [6, 6.07) is 13.2. The number of hydrogen-bond donors (Lipinski definition) is 2. The van der Waals surface area contributed by atoms with E-state index in [-0.39, 0.29) is 11.9 Å². The molecule has 1 aliphatic heterocycles. The van der Waals surface area contributed by atoms with E-state index in [9.17, 15) is 4.79 Å². The van der Waals surface area contributed by atoms with Gasteiger partial charge in [0.1, 0.15) is 12.1 Å². The molecule has 8 nitrogen and oxygen atoms in total. The molecule has 2 N–H and O–H groups in total. The molecule has 0 saturated carbocycles. The quantitative estimate of drug-likeness (QED) is 0.737. The lowest BCUT2D eigenvalue weighted by Gasteiger charge is -2.25. The van der Waals surface area contributed by atoms with Gasteiger partial charge in [-0.05, 0) is 40.1 Å². The Morgan fingerprint density at radius 3 is 2.88 bits per heavy atom. The monoisotopic (exact) mass is 350 g/mol. The molecular formula is C18H18N6O2. The Labute approximate surface area is 150 Å². The highest BCUT2D eigenvalue weighted by atomic mass is 16.5. The van der Waals surface area contributed by atoms with Crippen LogP contribution in [0, 0.1) is 0 Å². The molecule has 3 aromatic rings. The normalized spacial score (nSPS) is 16.0. The number of amides is 1. The van der Waals surface area contributed by atoms with Gasteiger partial charge in [0, 0.05) is 12.6 Å². The van der Waals surface area contributed by atoms with Crippen molar-refractivity contribution >= 4 is 11.6 Å². The molecule has 1 aromatic heterocycles. The van der Waals surface area contributed by atoms with Crippen molar-refractivity contribution in [3.05, 3.63) is 59.9 Å². The first kappa shape index (κ1) is 16.2. The zero-order valence-electron chi connectivity index (χ0n) is 14.2. The molecule has 0 fully saturated rings. The Kier molecular flexibility index (Phi) is 4.32. The van der Waals surface area contributed by atoms with Gasteiger partial charge in [-0.1, -0.05) is 24.3 Å². The number of carbonyl (C=O) groups is 1. The van der Waals surface area contributed by atoms with Gasteiger partial charge in [0.15, 0.2) is 0 Å². The number of benzene rings is 2. The Morgan fingerprint density at radius 1 is 1.27 bits per heavy atom. The second-order valence-electron chi connectivity index (χ2n) is 6.03. The first-order valence-corrected chi connectivity index (χ1v) is 8.27. The molecule has 0 unspecified atom stereocenters. The minimum atomic E-state index is -0.284. The van der Waals surface area contributed by atoms with Gasteiger partial charge in [0.05, 0.1) is 24.5 Å². The third kappa shape index (κ3) is 3.14. The van der Waals surface area contributed by atoms with Crippen molar-refractivity contribution in [2.75, 3.05) is 12.4 Å². The average Bonchev–Trinajstić information content (AvgIpc) is 3.22. The SMILES string of the molecule is COc1cc(-n2cnnn2)ccc1NC(=O)[C@H]1Cc2ccccc2CN1. The fourth-order valence-electron chi connectivity index (χ4n) is 3.06. The molecule has 0 aliphatic carbocycles. The Hall–Kier alpha value is -3.26. The summed E-state index contributed by atoms with van der Waals surface area (Å²) >= 11 is 0. The maximum absolute atomic E-state index is 12.7. The van der Waals surface area contributed by atoms with E-state index in [1.165, 1.54) is 22.1 Å². The van der Waals surface area contributed by atoms with Gasteiger partial charge in [-0.25, -0.2) is 4.68 Å². The zero-order chi connectivity index (χ0) is 17.9. The van der Waals surface area contributed by atoms with Gasteiger partial charge >= 0.3 is 0 Å². The number of hydrogen-bond acceptors (Lipinski definition) is 6. The van der Waals surface area contributed by atoms with Gasteiger partial charge in [-0.2, -0.15) is 0 Å². The van der Waals surface area contributed by atoms with E-state index >= 15 is 0 Å². The summed E-state index contributed by atoms with van der Waals surface area (Å²) in [5, 5.41) is 17.3. The van der Waals surface area contributed by atoms with Crippen LogP contribution in [-0.4, -0.2) is 39.3 Å².